The van der Waals surface area contributed by atoms with Crippen molar-refractivity contribution in [1.29, 1.82) is 0 Å². The Hall–Kier alpha value is -0.850. The first kappa shape index (κ1) is 8.74. The van der Waals surface area contributed by atoms with Crippen LogP contribution in [0.25, 0.3) is 0 Å². The Kier molecular flexibility index (Phi) is 1.73. The van der Waals surface area contributed by atoms with Gasteiger partial charge in [0, 0.05) is 11.8 Å². The van der Waals surface area contributed by atoms with Gasteiger partial charge < -0.3 is 4.79 Å². The fourth-order valence-electron chi connectivity index (χ4n) is 3.11. The Morgan fingerprint density at radius 2 is 2.31 bits per heavy atom. The summed E-state index contributed by atoms with van der Waals surface area (Å²) in [5.41, 5.74) is 2.65. The van der Waals surface area contributed by atoms with Gasteiger partial charge in [0.2, 0.25) is 0 Å². The van der Waals surface area contributed by atoms with Crippen LogP contribution in [0.2, 0.25) is 0 Å². The third kappa shape index (κ3) is 0.962. The van der Waals surface area contributed by atoms with Gasteiger partial charge in [-0.15, -0.1) is 0 Å². The molecule has 2 aliphatic carbocycles. The molecule has 2 fully saturated rings. The van der Waals surface area contributed by atoms with Crippen LogP contribution in [0, 0.1) is 17.3 Å². The van der Waals surface area contributed by atoms with Gasteiger partial charge >= 0.3 is 0 Å². The predicted molar refractivity (Wildman–Crippen MR) is 53.3 cm³/mol. The SMILES string of the molecule is C=C1C[C@H]2C[C@@H]1[C@@](C)(CC=O)C2=C. The minimum atomic E-state index is 0.0295. The highest BCUT2D eigenvalue weighted by molar-refractivity contribution is 5.54. The van der Waals surface area contributed by atoms with Gasteiger partial charge in [0.1, 0.15) is 6.29 Å². The molecule has 0 aromatic rings. The van der Waals surface area contributed by atoms with Crippen molar-refractivity contribution in [3.05, 3.63) is 24.3 Å². The summed E-state index contributed by atoms with van der Waals surface area (Å²) in [5, 5.41) is 0. The summed E-state index contributed by atoms with van der Waals surface area (Å²) in [5.74, 6) is 1.14. The predicted octanol–water partition coefficient (Wildman–Crippen LogP) is 2.73. The van der Waals surface area contributed by atoms with E-state index in [2.05, 4.69) is 20.1 Å². The maximum atomic E-state index is 10.6. The van der Waals surface area contributed by atoms with E-state index in [1.807, 2.05) is 0 Å². The number of hydrogen-bond donors (Lipinski definition) is 0. The van der Waals surface area contributed by atoms with E-state index >= 15 is 0 Å². The molecule has 0 amide bonds. The maximum absolute atomic E-state index is 10.6. The molecule has 70 valence electrons. The lowest BCUT2D eigenvalue weighted by Gasteiger charge is -2.35. The summed E-state index contributed by atoms with van der Waals surface area (Å²) in [7, 11) is 0. The largest absolute Gasteiger partial charge is 0.303 e. The monoisotopic (exact) mass is 176 g/mol. The van der Waals surface area contributed by atoms with E-state index in [-0.39, 0.29) is 5.41 Å². The molecule has 0 N–H and O–H groups in total. The van der Waals surface area contributed by atoms with E-state index in [1.54, 1.807) is 0 Å². The van der Waals surface area contributed by atoms with Crippen LogP contribution in [0.1, 0.15) is 26.2 Å². The Balaban J connectivity index is 2.34. The fourth-order valence-corrected chi connectivity index (χ4v) is 3.11. The standard InChI is InChI=1S/C12H16O/c1-8-6-10-7-11(8)12(3,4-5-13)9(10)2/h5,10-11H,1-2,4,6-7H2,3H3/t10-,11-,12-/m0/s1. The van der Waals surface area contributed by atoms with E-state index in [1.165, 1.54) is 17.6 Å². The summed E-state index contributed by atoms with van der Waals surface area (Å²) >= 11 is 0. The summed E-state index contributed by atoms with van der Waals surface area (Å²) < 4.78 is 0. The molecule has 0 saturated heterocycles. The van der Waals surface area contributed by atoms with Crippen LogP contribution in [-0.2, 0) is 4.79 Å². The number of carbonyl (C=O) groups is 1. The Bertz CT molecular complexity index is 289. The van der Waals surface area contributed by atoms with Gasteiger partial charge in [-0.25, -0.2) is 0 Å². The van der Waals surface area contributed by atoms with Crippen molar-refractivity contribution < 1.29 is 4.79 Å². The van der Waals surface area contributed by atoms with Crippen molar-refractivity contribution in [3.8, 4) is 0 Å². The van der Waals surface area contributed by atoms with Crippen molar-refractivity contribution in [2.24, 2.45) is 17.3 Å². The summed E-state index contributed by atoms with van der Waals surface area (Å²) in [6.45, 7) is 10.4. The molecule has 0 radical (unpaired) electrons. The summed E-state index contributed by atoms with van der Waals surface area (Å²) in [4.78, 5) is 10.6. The van der Waals surface area contributed by atoms with Gasteiger partial charge in [-0.3, -0.25) is 0 Å². The molecule has 2 rings (SSSR count). The first-order valence-electron chi connectivity index (χ1n) is 4.90. The van der Waals surface area contributed by atoms with Gasteiger partial charge in [0.25, 0.3) is 0 Å². The minimum absolute atomic E-state index is 0.0295. The van der Waals surface area contributed by atoms with Crippen molar-refractivity contribution in [2.45, 2.75) is 26.2 Å². The fraction of sp³-hybridized carbons (Fsp3) is 0.583. The number of fused-ring (bicyclic) bond motifs is 2. The number of hydrogen-bond acceptors (Lipinski definition) is 1. The highest BCUT2D eigenvalue weighted by Crippen LogP contribution is 2.61. The van der Waals surface area contributed by atoms with E-state index in [9.17, 15) is 4.79 Å². The van der Waals surface area contributed by atoms with Crippen LogP contribution >= 0.6 is 0 Å². The molecule has 1 heteroatoms. The number of aldehydes is 1. The van der Waals surface area contributed by atoms with Crippen LogP contribution in [0.3, 0.4) is 0 Å². The highest BCUT2D eigenvalue weighted by Gasteiger charge is 2.52. The number of allylic oxidation sites excluding steroid dienone is 2. The third-order valence-corrected chi connectivity index (χ3v) is 4.02. The lowest BCUT2D eigenvalue weighted by molar-refractivity contribution is -0.109. The molecular formula is C12H16O. The Morgan fingerprint density at radius 1 is 1.62 bits per heavy atom. The first-order valence-corrected chi connectivity index (χ1v) is 4.90. The third-order valence-electron chi connectivity index (χ3n) is 4.02. The maximum Gasteiger partial charge on any atom is 0.120 e. The molecule has 2 saturated carbocycles. The molecule has 0 unspecified atom stereocenters. The molecule has 1 nitrogen and oxygen atoms in total. The number of rotatable bonds is 2. The minimum Gasteiger partial charge on any atom is -0.303 e. The molecular weight excluding hydrogens is 160 g/mol. The Morgan fingerprint density at radius 3 is 2.85 bits per heavy atom. The molecule has 13 heavy (non-hydrogen) atoms. The normalized spacial score (nSPS) is 42.8. The van der Waals surface area contributed by atoms with Crippen molar-refractivity contribution in [1.82, 2.24) is 0 Å². The topological polar surface area (TPSA) is 17.1 Å². The zero-order valence-corrected chi connectivity index (χ0v) is 8.18. The van der Waals surface area contributed by atoms with Gasteiger partial charge in [-0.1, -0.05) is 31.2 Å². The van der Waals surface area contributed by atoms with Gasteiger partial charge in [-0.2, -0.15) is 0 Å². The highest BCUT2D eigenvalue weighted by atomic mass is 16.1. The van der Waals surface area contributed by atoms with E-state index in [0.29, 0.717) is 18.3 Å². The second-order valence-corrected chi connectivity index (χ2v) is 4.66. The molecule has 0 spiro atoms. The van der Waals surface area contributed by atoms with E-state index in [0.717, 1.165) is 12.7 Å². The lowest BCUT2D eigenvalue weighted by Crippen LogP contribution is -2.27. The van der Waals surface area contributed by atoms with Gasteiger partial charge in [0.05, 0.1) is 0 Å². The van der Waals surface area contributed by atoms with Crippen LogP contribution in [0.4, 0.5) is 0 Å². The van der Waals surface area contributed by atoms with Gasteiger partial charge in [-0.05, 0) is 24.7 Å². The van der Waals surface area contributed by atoms with Crippen LogP contribution in [0.15, 0.2) is 24.3 Å². The second-order valence-electron chi connectivity index (χ2n) is 4.66. The smallest absolute Gasteiger partial charge is 0.120 e. The molecule has 0 aromatic carbocycles. The van der Waals surface area contributed by atoms with Crippen LogP contribution in [-0.4, -0.2) is 6.29 Å². The van der Waals surface area contributed by atoms with Crippen LogP contribution < -0.4 is 0 Å². The molecule has 0 aromatic heterocycles. The van der Waals surface area contributed by atoms with Crippen LogP contribution in [0.5, 0.6) is 0 Å². The van der Waals surface area contributed by atoms with Crippen molar-refractivity contribution in [3.63, 3.8) is 0 Å². The summed E-state index contributed by atoms with van der Waals surface area (Å²) in [6, 6.07) is 0. The quantitative estimate of drug-likeness (QED) is 0.467. The zero-order chi connectivity index (χ0) is 9.64. The molecule has 0 aliphatic heterocycles. The average Bonchev–Trinajstić information content (AvgIpc) is 2.54. The molecule has 2 aliphatic rings. The zero-order valence-electron chi connectivity index (χ0n) is 8.18. The van der Waals surface area contributed by atoms with Gasteiger partial charge in [0.15, 0.2) is 0 Å². The van der Waals surface area contributed by atoms with E-state index in [4.69, 9.17) is 0 Å². The molecule has 3 atom stereocenters. The van der Waals surface area contributed by atoms with E-state index < -0.39 is 0 Å². The molecule has 2 bridgehead atoms. The second kappa shape index (κ2) is 2.57. The molecule has 0 heterocycles. The lowest BCUT2D eigenvalue weighted by atomic mass is 9.68. The van der Waals surface area contributed by atoms with Crippen molar-refractivity contribution >= 4 is 6.29 Å². The number of carbonyl (C=O) groups excluding carboxylic acids is 1. The summed E-state index contributed by atoms with van der Waals surface area (Å²) in [6.07, 6.45) is 3.94. The van der Waals surface area contributed by atoms with Crippen molar-refractivity contribution in [2.75, 3.05) is 0 Å². The average molecular weight is 176 g/mol. The Labute approximate surface area is 79.5 Å². The first-order chi connectivity index (χ1) is 6.09.